The predicted octanol–water partition coefficient (Wildman–Crippen LogP) is 4.96. The van der Waals surface area contributed by atoms with Gasteiger partial charge in [0.15, 0.2) is 0 Å². The Morgan fingerprint density at radius 1 is 1.21 bits per heavy atom. The molecular formula is C24H38N2O2S. The second-order valence-corrected chi connectivity index (χ2v) is 11.0. The second-order valence-electron chi connectivity index (χ2n) is 9.26. The topological polar surface area (TPSA) is 49.4 Å². The summed E-state index contributed by atoms with van der Waals surface area (Å²) in [6, 6.07) is 10.5. The van der Waals surface area contributed by atoms with Crippen molar-refractivity contribution in [1.82, 2.24) is 9.62 Å². The largest absolute Gasteiger partial charge is 0.299 e. The summed E-state index contributed by atoms with van der Waals surface area (Å²) in [5, 5.41) is 0. The molecule has 1 saturated heterocycles. The Bertz CT molecular complexity index is 784. The number of hydrogen-bond donors (Lipinski definition) is 1. The lowest BCUT2D eigenvalue weighted by Crippen LogP contribution is -2.38. The molecule has 5 heteroatoms. The van der Waals surface area contributed by atoms with E-state index in [9.17, 15) is 8.42 Å². The van der Waals surface area contributed by atoms with E-state index in [2.05, 4.69) is 61.6 Å². The van der Waals surface area contributed by atoms with Gasteiger partial charge in [-0.05, 0) is 61.7 Å². The van der Waals surface area contributed by atoms with Crippen molar-refractivity contribution in [3.8, 4) is 0 Å². The molecule has 2 rings (SSSR count). The smallest absolute Gasteiger partial charge is 0.240 e. The molecular weight excluding hydrogens is 380 g/mol. The van der Waals surface area contributed by atoms with Crippen LogP contribution >= 0.6 is 0 Å². The van der Waals surface area contributed by atoms with Gasteiger partial charge in [0.1, 0.15) is 0 Å². The van der Waals surface area contributed by atoms with Gasteiger partial charge in [-0.1, -0.05) is 70.2 Å². The molecule has 29 heavy (non-hydrogen) atoms. The molecule has 0 aliphatic carbocycles. The molecule has 1 aromatic carbocycles. The quantitative estimate of drug-likeness (QED) is 0.607. The number of sulfonamides is 1. The molecule has 0 aromatic heterocycles. The fourth-order valence-corrected chi connectivity index (χ4v) is 4.56. The number of hydrogen-bond acceptors (Lipinski definition) is 3. The zero-order valence-corrected chi connectivity index (χ0v) is 19.5. The molecule has 1 atom stereocenters. The minimum absolute atomic E-state index is 0.111. The molecule has 1 aromatic rings. The van der Waals surface area contributed by atoms with Crippen LogP contribution in [0.4, 0.5) is 0 Å². The summed E-state index contributed by atoms with van der Waals surface area (Å²) in [6.07, 6.45) is 7.48. The third-order valence-electron chi connectivity index (χ3n) is 6.03. The minimum Gasteiger partial charge on any atom is -0.299 e. The van der Waals surface area contributed by atoms with Gasteiger partial charge in [0.2, 0.25) is 10.0 Å². The van der Waals surface area contributed by atoms with Gasteiger partial charge in [0, 0.05) is 13.1 Å². The molecule has 1 N–H and O–H groups in total. The van der Waals surface area contributed by atoms with E-state index in [0.29, 0.717) is 23.3 Å². The zero-order valence-electron chi connectivity index (χ0n) is 18.7. The molecule has 1 aliphatic rings. The Morgan fingerprint density at radius 2 is 1.83 bits per heavy atom. The number of nitrogens with one attached hydrogen (secondary N) is 1. The van der Waals surface area contributed by atoms with Crippen molar-refractivity contribution >= 4 is 10.0 Å². The maximum absolute atomic E-state index is 12.7. The van der Waals surface area contributed by atoms with Crippen LogP contribution < -0.4 is 4.72 Å². The van der Waals surface area contributed by atoms with E-state index >= 15 is 0 Å². The lowest BCUT2D eigenvalue weighted by molar-refractivity contribution is 0.178. The molecule has 0 amide bonds. The molecule has 0 saturated carbocycles. The van der Waals surface area contributed by atoms with E-state index in [1.165, 1.54) is 5.56 Å². The molecule has 162 valence electrons. The summed E-state index contributed by atoms with van der Waals surface area (Å²) in [7, 11) is -3.46. The lowest BCUT2D eigenvalue weighted by atomic mass is 9.82. The molecule has 1 fully saturated rings. The van der Waals surface area contributed by atoms with Crippen LogP contribution in [0.2, 0.25) is 0 Å². The maximum Gasteiger partial charge on any atom is 0.240 e. The van der Waals surface area contributed by atoms with E-state index in [0.717, 1.165) is 32.5 Å². The standard InChI is InChI=1S/C24H38N2O2S/c1-6-23(13-12-20(2)24(3,4)5)29(27,28)25-18-21-14-16-26(17-15-21)19-22-10-8-7-9-11-22/h6-13,20-21,25H,14-19H2,1-5H3. The first-order valence-corrected chi connectivity index (χ1v) is 12.2. The Morgan fingerprint density at radius 3 is 2.38 bits per heavy atom. The molecule has 1 unspecified atom stereocenters. The van der Waals surface area contributed by atoms with Crippen molar-refractivity contribution < 1.29 is 8.42 Å². The van der Waals surface area contributed by atoms with Crippen LogP contribution in [0.1, 0.15) is 53.0 Å². The van der Waals surface area contributed by atoms with Crippen molar-refractivity contribution in [3.63, 3.8) is 0 Å². The van der Waals surface area contributed by atoms with Crippen molar-refractivity contribution in [2.45, 2.75) is 54.0 Å². The second kappa shape index (κ2) is 10.6. The summed E-state index contributed by atoms with van der Waals surface area (Å²) in [5.74, 6) is 0.689. The number of allylic oxidation sites excluding steroid dienone is 3. The highest BCUT2D eigenvalue weighted by molar-refractivity contribution is 7.93. The third kappa shape index (κ3) is 7.72. The molecule has 0 spiro atoms. The lowest BCUT2D eigenvalue weighted by Gasteiger charge is -2.32. The van der Waals surface area contributed by atoms with Crippen LogP contribution in [-0.4, -0.2) is 33.0 Å². The highest BCUT2D eigenvalue weighted by Crippen LogP contribution is 2.27. The van der Waals surface area contributed by atoms with E-state index in [4.69, 9.17) is 0 Å². The SMILES string of the molecule is CC=C(C=CC(C)C(C)(C)C)S(=O)(=O)NCC1CCN(Cc2ccccc2)CC1. The van der Waals surface area contributed by atoms with E-state index in [-0.39, 0.29) is 5.41 Å². The van der Waals surface area contributed by atoms with Gasteiger partial charge in [-0.2, -0.15) is 0 Å². The van der Waals surface area contributed by atoms with Gasteiger partial charge in [-0.3, -0.25) is 4.90 Å². The molecule has 4 nitrogen and oxygen atoms in total. The first-order valence-electron chi connectivity index (χ1n) is 10.7. The first-order chi connectivity index (χ1) is 13.6. The average molecular weight is 419 g/mol. The molecule has 1 aliphatic heterocycles. The van der Waals surface area contributed by atoms with E-state index < -0.39 is 10.0 Å². The van der Waals surface area contributed by atoms with Crippen molar-refractivity contribution in [2.24, 2.45) is 17.3 Å². The fraction of sp³-hybridized carbons (Fsp3) is 0.583. The molecule has 0 bridgehead atoms. The summed E-state index contributed by atoms with van der Waals surface area (Å²) in [5.41, 5.74) is 1.45. The van der Waals surface area contributed by atoms with Crippen LogP contribution in [0.5, 0.6) is 0 Å². The van der Waals surface area contributed by atoms with E-state index in [1.807, 2.05) is 12.1 Å². The van der Waals surface area contributed by atoms with Crippen LogP contribution in [0.15, 0.2) is 53.5 Å². The summed E-state index contributed by atoms with van der Waals surface area (Å²) >= 11 is 0. The Balaban J connectivity index is 1.83. The monoisotopic (exact) mass is 418 g/mol. The fourth-order valence-electron chi connectivity index (χ4n) is 3.37. The number of likely N-dealkylation sites (tertiary alicyclic amines) is 1. The average Bonchev–Trinajstić information content (AvgIpc) is 2.67. The summed E-state index contributed by atoms with van der Waals surface area (Å²) in [6.45, 7) is 13.9. The molecule has 0 radical (unpaired) electrons. The van der Waals surface area contributed by atoms with Crippen LogP contribution in [0.3, 0.4) is 0 Å². The van der Waals surface area contributed by atoms with Gasteiger partial charge in [-0.15, -0.1) is 0 Å². The van der Waals surface area contributed by atoms with Gasteiger partial charge in [0.25, 0.3) is 0 Å². The van der Waals surface area contributed by atoms with Crippen LogP contribution in [0, 0.1) is 17.3 Å². The number of nitrogens with zero attached hydrogens (tertiary/aromatic N) is 1. The van der Waals surface area contributed by atoms with Gasteiger partial charge < -0.3 is 0 Å². The number of rotatable bonds is 8. The van der Waals surface area contributed by atoms with Crippen molar-refractivity contribution in [1.29, 1.82) is 0 Å². The number of benzene rings is 1. The first kappa shape index (κ1) is 23.8. The Kier molecular flexibility index (Phi) is 8.68. The predicted molar refractivity (Wildman–Crippen MR) is 123 cm³/mol. The van der Waals surface area contributed by atoms with Gasteiger partial charge in [-0.25, -0.2) is 13.1 Å². The molecule has 1 heterocycles. The highest BCUT2D eigenvalue weighted by atomic mass is 32.2. The zero-order chi connectivity index (χ0) is 21.5. The van der Waals surface area contributed by atoms with Crippen LogP contribution in [0.25, 0.3) is 0 Å². The normalized spacial score (nSPS) is 19.0. The summed E-state index contributed by atoms with van der Waals surface area (Å²) in [4.78, 5) is 2.81. The minimum atomic E-state index is -3.46. The van der Waals surface area contributed by atoms with E-state index in [1.54, 1.807) is 19.1 Å². The number of piperidine rings is 1. The Hall–Kier alpha value is -1.43. The third-order valence-corrected chi connectivity index (χ3v) is 7.57. The van der Waals surface area contributed by atoms with Gasteiger partial charge in [0.05, 0.1) is 4.91 Å². The van der Waals surface area contributed by atoms with Crippen molar-refractivity contribution in [2.75, 3.05) is 19.6 Å². The Labute approximate surface area is 178 Å². The highest BCUT2D eigenvalue weighted by Gasteiger charge is 2.23. The maximum atomic E-state index is 12.7. The van der Waals surface area contributed by atoms with Gasteiger partial charge >= 0.3 is 0 Å². The van der Waals surface area contributed by atoms with Crippen molar-refractivity contribution in [3.05, 3.63) is 59.0 Å². The van der Waals surface area contributed by atoms with Crippen LogP contribution in [-0.2, 0) is 16.6 Å². The summed E-state index contributed by atoms with van der Waals surface area (Å²) < 4.78 is 28.3.